The van der Waals surface area contributed by atoms with Gasteiger partial charge in [-0.25, -0.2) is 20.8 Å². The van der Waals surface area contributed by atoms with Crippen molar-refractivity contribution in [3.8, 4) is 5.75 Å². The van der Waals surface area contributed by atoms with E-state index in [0.717, 1.165) is 17.0 Å². The van der Waals surface area contributed by atoms with Gasteiger partial charge in [-0.1, -0.05) is 12.1 Å². The molecule has 1 aromatic heterocycles. The molecule has 1 aliphatic heterocycles. The number of hydrazine groups is 1. The maximum absolute atomic E-state index is 12.6. The zero-order chi connectivity index (χ0) is 16.9. The van der Waals surface area contributed by atoms with Gasteiger partial charge in [0, 0.05) is 19.3 Å². The Labute approximate surface area is 141 Å². The molecule has 2 atom stereocenters. The molecule has 1 amide bonds. The first-order chi connectivity index (χ1) is 11.7. The third-order valence-electron chi connectivity index (χ3n) is 4.12. The van der Waals surface area contributed by atoms with Crippen molar-refractivity contribution in [2.24, 2.45) is 0 Å². The first kappa shape index (κ1) is 16.4. The van der Waals surface area contributed by atoms with Gasteiger partial charge in [-0.3, -0.25) is 4.79 Å². The summed E-state index contributed by atoms with van der Waals surface area (Å²) in [4.78, 5) is 22.3. The zero-order valence-corrected chi connectivity index (χ0v) is 13.8. The van der Waals surface area contributed by atoms with Gasteiger partial charge in [0.2, 0.25) is 5.91 Å². The standard InChI is InChI=1S/C17H21N5O2/c1-22(10-13-6-7-18-11-19-13)17(23)16-9-15(20-21-16)12-4-3-5-14(8-12)24-2/h3-8,11,15-16,20-21H,9-10H2,1-2H3. The summed E-state index contributed by atoms with van der Waals surface area (Å²) >= 11 is 0. The van der Waals surface area contributed by atoms with Crippen molar-refractivity contribution in [1.29, 1.82) is 0 Å². The second kappa shape index (κ2) is 7.37. The first-order valence-corrected chi connectivity index (χ1v) is 7.82. The summed E-state index contributed by atoms with van der Waals surface area (Å²) in [5.41, 5.74) is 8.20. The van der Waals surface area contributed by atoms with E-state index in [1.54, 1.807) is 25.3 Å². The average Bonchev–Trinajstić information content (AvgIpc) is 3.12. The lowest BCUT2D eigenvalue weighted by molar-refractivity contribution is -0.132. The molecule has 126 valence electrons. The van der Waals surface area contributed by atoms with E-state index in [9.17, 15) is 4.79 Å². The zero-order valence-electron chi connectivity index (χ0n) is 13.8. The fraction of sp³-hybridized carbons (Fsp3) is 0.353. The van der Waals surface area contributed by atoms with Crippen LogP contribution in [0.25, 0.3) is 0 Å². The summed E-state index contributed by atoms with van der Waals surface area (Å²) in [7, 11) is 3.43. The molecule has 2 N–H and O–H groups in total. The van der Waals surface area contributed by atoms with Crippen molar-refractivity contribution in [3.05, 3.63) is 54.1 Å². The lowest BCUT2D eigenvalue weighted by Crippen LogP contribution is -2.43. The highest BCUT2D eigenvalue weighted by molar-refractivity contribution is 5.82. The molecule has 1 saturated heterocycles. The number of hydrogen-bond donors (Lipinski definition) is 2. The molecule has 1 aliphatic rings. The Balaban J connectivity index is 1.61. The summed E-state index contributed by atoms with van der Waals surface area (Å²) in [6.07, 6.45) is 3.84. The molecule has 2 aromatic rings. The van der Waals surface area contributed by atoms with Crippen LogP contribution in [0.5, 0.6) is 5.75 Å². The highest BCUT2D eigenvalue weighted by Gasteiger charge is 2.32. The third-order valence-corrected chi connectivity index (χ3v) is 4.12. The normalized spacial score (nSPS) is 19.9. The molecule has 7 nitrogen and oxygen atoms in total. The van der Waals surface area contributed by atoms with Crippen LogP contribution in [0, 0.1) is 0 Å². The van der Waals surface area contributed by atoms with Gasteiger partial charge in [-0.2, -0.15) is 0 Å². The number of benzene rings is 1. The van der Waals surface area contributed by atoms with E-state index in [0.29, 0.717) is 13.0 Å². The van der Waals surface area contributed by atoms with Crippen LogP contribution in [0.1, 0.15) is 23.7 Å². The van der Waals surface area contributed by atoms with Crippen LogP contribution in [0.4, 0.5) is 0 Å². The predicted molar refractivity (Wildman–Crippen MR) is 88.9 cm³/mol. The molecule has 1 aromatic carbocycles. The van der Waals surface area contributed by atoms with Crippen LogP contribution < -0.4 is 15.6 Å². The Morgan fingerprint density at radius 3 is 3.00 bits per heavy atom. The van der Waals surface area contributed by atoms with Crippen LogP contribution in [-0.2, 0) is 11.3 Å². The summed E-state index contributed by atoms with van der Waals surface area (Å²) in [5.74, 6) is 0.844. The van der Waals surface area contributed by atoms with Crippen LogP contribution in [0.3, 0.4) is 0 Å². The van der Waals surface area contributed by atoms with Gasteiger partial charge >= 0.3 is 0 Å². The van der Waals surface area contributed by atoms with E-state index in [1.807, 2.05) is 30.3 Å². The monoisotopic (exact) mass is 327 g/mol. The highest BCUT2D eigenvalue weighted by atomic mass is 16.5. The minimum atomic E-state index is -0.270. The molecular weight excluding hydrogens is 306 g/mol. The van der Waals surface area contributed by atoms with E-state index in [1.165, 1.54) is 6.33 Å². The van der Waals surface area contributed by atoms with E-state index in [-0.39, 0.29) is 18.0 Å². The molecule has 1 fully saturated rings. The van der Waals surface area contributed by atoms with Gasteiger partial charge in [-0.15, -0.1) is 0 Å². The number of amides is 1. The number of hydrogen-bond acceptors (Lipinski definition) is 6. The van der Waals surface area contributed by atoms with Gasteiger partial charge < -0.3 is 9.64 Å². The number of carbonyl (C=O) groups excluding carboxylic acids is 1. The topological polar surface area (TPSA) is 79.4 Å². The van der Waals surface area contributed by atoms with Crippen molar-refractivity contribution in [3.63, 3.8) is 0 Å². The van der Waals surface area contributed by atoms with Crippen LogP contribution >= 0.6 is 0 Å². The summed E-state index contributed by atoms with van der Waals surface area (Å²) in [6, 6.07) is 9.48. The predicted octanol–water partition coefficient (Wildman–Crippen LogP) is 1.05. The number of likely N-dealkylation sites (N-methyl/N-ethyl adjacent to an activating group) is 1. The maximum atomic E-state index is 12.6. The van der Waals surface area contributed by atoms with E-state index in [4.69, 9.17) is 4.74 Å². The smallest absolute Gasteiger partial charge is 0.241 e. The third kappa shape index (κ3) is 3.69. The average molecular weight is 327 g/mol. The molecule has 0 radical (unpaired) electrons. The molecule has 2 unspecified atom stereocenters. The fourth-order valence-electron chi connectivity index (χ4n) is 2.79. The number of nitrogens with one attached hydrogen (secondary N) is 2. The Morgan fingerprint density at radius 2 is 2.25 bits per heavy atom. The molecule has 3 rings (SSSR count). The SMILES string of the molecule is COc1cccc(C2CC(C(=O)N(C)Cc3ccncn3)NN2)c1. The molecule has 0 aliphatic carbocycles. The quantitative estimate of drug-likeness (QED) is 0.855. The largest absolute Gasteiger partial charge is 0.497 e. The molecule has 24 heavy (non-hydrogen) atoms. The maximum Gasteiger partial charge on any atom is 0.241 e. The molecule has 0 bridgehead atoms. The molecule has 7 heteroatoms. The second-order valence-electron chi connectivity index (χ2n) is 5.80. The van der Waals surface area contributed by atoms with E-state index >= 15 is 0 Å². The van der Waals surface area contributed by atoms with Crippen molar-refractivity contribution in [2.75, 3.05) is 14.2 Å². The summed E-state index contributed by atoms with van der Waals surface area (Å²) in [6.45, 7) is 0.462. The van der Waals surface area contributed by atoms with Gasteiger partial charge in [0.15, 0.2) is 0 Å². The Morgan fingerprint density at radius 1 is 1.38 bits per heavy atom. The van der Waals surface area contributed by atoms with Gasteiger partial charge in [-0.05, 0) is 30.2 Å². The van der Waals surface area contributed by atoms with Crippen molar-refractivity contribution >= 4 is 5.91 Å². The van der Waals surface area contributed by atoms with Gasteiger partial charge in [0.05, 0.1) is 19.3 Å². The minimum absolute atomic E-state index is 0.0338. The molecule has 2 heterocycles. The lowest BCUT2D eigenvalue weighted by atomic mass is 10.0. The Hall–Kier alpha value is -2.51. The fourth-order valence-corrected chi connectivity index (χ4v) is 2.79. The number of carbonyl (C=O) groups is 1. The van der Waals surface area contributed by atoms with Crippen LogP contribution in [-0.4, -0.2) is 41.0 Å². The number of methoxy groups -OCH3 is 1. The number of ether oxygens (including phenoxy) is 1. The molecule has 0 spiro atoms. The minimum Gasteiger partial charge on any atom is -0.497 e. The number of aromatic nitrogens is 2. The van der Waals surface area contributed by atoms with Gasteiger partial charge in [0.1, 0.15) is 18.1 Å². The van der Waals surface area contributed by atoms with Crippen LogP contribution in [0.15, 0.2) is 42.9 Å². The van der Waals surface area contributed by atoms with Crippen molar-refractivity contribution in [2.45, 2.75) is 25.0 Å². The van der Waals surface area contributed by atoms with E-state index < -0.39 is 0 Å². The van der Waals surface area contributed by atoms with Gasteiger partial charge in [0.25, 0.3) is 0 Å². The van der Waals surface area contributed by atoms with Crippen molar-refractivity contribution < 1.29 is 9.53 Å². The van der Waals surface area contributed by atoms with E-state index in [2.05, 4.69) is 20.8 Å². The highest BCUT2D eigenvalue weighted by Crippen LogP contribution is 2.25. The molecular formula is C17H21N5O2. The Bertz CT molecular complexity index is 694. The summed E-state index contributed by atoms with van der Waals surface area (Å²) in [5, 5.41) is 0. The second-order valence-corrected chi connectivity index (χ2v) is 5.80. The molecule has 0 saturated carbocycles. The van der Waals surface area contributed by atoms with Crippen LogP contribution in [0.2, 0.25) is 0 Å². The Kier molecular flexibility index (Phi) is 5.02. The number of rotatable bonds is 5. The summed E-state index contributed by atoms with van der Waals surface area (Å²) < 4.78 is 5.26. The lowest BCUT2D eigenvalue weighted by Gasteiger charge is -2.20. The number of nitrogens with zero attached hydrogens (tertiary/aromatic N) is 3. The first-order valence-electron chi connectivity index (χ1n) is 7.82. The van der Waals surface area contributed by atoms with Crippen molar-refractivity contribution in [1.82, 2.24) is 25.7 Å².